The quantitative estimate of drug-likeness (QED) is 0.138. The first-order chi connectivity index (χ1) is 20.0. The number of nitrogens with zero attached hydrogens (tertiary/aromatic N) is 3. The summed E-state index contributed by atoms with van der Waals surface area (Å²) in [6, 6.07) is 23.7. The Kier molecular flexibility index (Phi) is 11.6. The number of rotatable bonds is 17. The highest BCUT2D eigenvalue weighted by atomic mass is 16.4. The van der Waals surface area contributed by atoms with Crippen LogP contribution >= 0.6 is 0 Å². The molecule has 216 valence electrons. The number of para-hydroxylation sites is 2. The highest BCUT2D eigenvalue weighted by Crippen LogP contribution is 2.17. The number of carboxylic acids is 1. The van der Waals surface area contributed by atoms with Crippen molar-refractivity contribution in [1.29, 1.82) is 0 Å². The zero-order chi connectivity index (χ0) is 28.9. The first-order valence-electron chi connectivity index (χ1n) is 15.0. The summed E-state index contributed by atoms with van der Waals surface area (Å²) in [5.41, 5.74) is 3.91. The van der Waals surface area contributed by atoms with Gasteiger partial charge in [-0.3, -0.25) is 19.7 Å². The fraction of sp³-hybridized carbons (Fsp3) is 0.412. The Bertz CT molecular complexity index is 1340. The number of fused-ring (bicyclic) bond motifs is 2. The Labute approximate surface area is 243 Å². The number of unbranched alkanes of at least 4 members (excludes halogenated alkanes) is 5. The molecule has 2 N–H and O–H groups in total. The third-order valence-corrected chi connectivity index (χ3v) is 7.44. The fourth-order valence-electron chi connectivity index (χ4n) is 5.16. The van der Waals surface area contributed by atoms with Crippen molar-refractivity contribution < 1.29 is 14.7 Å². The van der Waals surface area contributed by atoms with Crippen LogP contribution in [-0.4, -0.2) is 44.4 Å². The number of carbonyl (C=O) groups excluding carboxylic acids is 1. The second-order valence-electron chi connectivity index (χ2n) is 10.8. The molecule has 0 bridgehead atoms. The Balaban J connectivity index is 1.35. The van der Waals surface area contributed by atoms with Crippen LogP contribution in [0.3, 0.4) is 0 Å². The van der Waals surface area contributed by atoms with Crippen molar-refractivity contribution in [3.8, 4) is 0 Å². The Morgan fingerprint density at radius 3 is 1.93 bits per heavy atom. The van der Waals surface area contributed by atoms with Gasteiger partial charge >= 0.3 is 5.97 Å². The lowest BCUT2D eigenvalue weighted by molar-refractivity contribution is -0.142. The second kappa shape index (κ2) is 15.8. The summed E-state index contributed by atoms with van der Waals surface area (Å²) >= 11 is 0. The first kappa shape index (κ1) is 30.1. The highest BCUT2D eigenvalue weighted by Gasteiger charge is 2.19. The van der Waals surface area contributed by atoms with E-state index in [0.717, 1.165) is 71.8 Å². The summed E-state index contributed by atoms with van der Waals surface area (Å²) in [7, 11) is 0. The summed E-state index contributed by atoms with van der Waals surface area (Å²) in [4.78, 5) is 36.2. The zero-order valence-corrected chi connectivity index (χ0v) is 24.1. The van der Waals surface area contributed by atoms with Crippen LogP contribution in [0.1, 0.15) is 76.1 Å². The average molecular weight is 555 g/mol. The number of amides is 1. The minimum absolute atomic E-state index is 0.166. The van der Waals surface area contributed by atoms with Gasteiger partial charge in [-0.1, -0.05) is 81.1 Å². The normalized spacial score (nSPS) is 12.1. The van der Waals surface area contributed by atoms with Crippen molar-refractivity contribution >= 4 is 33.7 Å². The predicted octanol–water partition coefficient (Wildman–Crippen LogP) is 6.89. The number of nitrogens with one attached hydrogen (secondary N) is 1. The van der Waals surface area contributed by atoms with Crippen LogP contribution in [0.5, 0.6) is 0 Å². The van der Waals surface area contributed by atoms with E-state index in [4.69, 9.17) is 9.97 Å². The van der Waals surface area contributed by atoms with Crippen LogP contribution in [0.15, 0.2) is 72.8 Å². The van der Waals surface area contributed by atoms with Gasteiger partial charge in [-0.2, -0.15) is 0 Å². The molecule has 1 amide bonds. The predicted molar refractivity (Wildman–Crippen MR) is 164 cm³/mol. The molecule has 7 heteroatoms. The van der Waals surface area contributed by atoms with Gasteiger partial charge in [-0.15, -0.1) is 0 Å². The van der Waals surface area contributed by atoms with E-state index in [1.807, 2.05) is 36.4 Å². The number of hydrogen-bond donors (Lipinski definition) is 2. The summed E-state index contributed by atoms with van der Waals surface area (Å²) in [6.07, 6.45) is 7.55. The van der Waals surface area contributed by atoms with Gasteiger partial charge in [0.1, 0.15) is 6.04 Å². The second-order valence-corrected chi connectivity index (χ2v) is 10.8. The number of pyridine rings is 2. The van der Waals surface area contributed by atoms with Crippen molar-refractivity contribution in [3.63, 3.8) is 0 Å². The number of carboxylic acid groups (broad SMARTS) is 1. The van der Waals surface area contributed by atoms with Crippen molar-refractivity contribution in [2.75, 3.05) is 6.54 Å². The van der Waals surface area contributed by atoms with Gasteiger partial charge in [0, 0.05) is 30.3 Å². The van der Waals surface area contributed by atoms with Crippen molar-refractivity contribution in [2.24, 2.45) is 0 Å². The van der Waals surface area contributed by atoms with E-state index >= 15 is 0 Å². The van der Waals surface area contributed by atoms with E-state index < -0.39 is 12.0 Å². The molecule has 0 saturated heterocycles. The molecule has 0 radical (unpaired) electrons. The van der Waals surface area contributed by atoms with Gasteiger partial charge in [-0.25, -0.2) is 4.79 Å². The van der Waals surface area contributed by atoms with Crippen LogP contribution in [0, 0.1) is 0 Å². The molecule has 0 fully saturated rings. The van der Waals surface area contributed by atoms with Crippen LogP contribution < -0.4 is 5.32 Å². The maximum absolute atomic E-state index is 12.3. The number of benzene rings is 2. The van der Waals surface area contributed by atoms with Gasteiger partial charge in [0.25, 0.3) is 0 Å². The molecule has 0 saturated carbocycles. The van der Waals surface area contributed by atoms with E-state index in [2.05, 4.69) is 53.5 Å². The molecule has 2 aromatic carbocycles. The molecule has 1 unspecified atom stereocenters. The van der Waals surface area contributed by atoms with E-state index in [1.165, 1.54) is 6.42 Å². The van der Waals surface area contributed by atoms with E-state index in [0.29, 0.717) is 32.4 Å². The standard InChI is InChI=1S/C34H42N4O3/c1-2-3-4-5-6-18-33(39)37-32(34(40)41)17-11-12-23-38(24-28-21-19-26-13-7-9-15-30(26)35-28)25-29-22-20-27-14-8-10-16-31(27)36-29/h7-10,13-16,19-22,32H,2-6,11-12,17-18,23-25H2,1H3,(H,37,39)(H,40,41). The molecule has 2 aromatic heterocycles. The number of aromatic nitrogens is 2. The van der Waals surface area contributed by atoms with Gasteiger partial charge in [0.15, 0.2) is 0 Å². The molecule has 1 atom stereocenters. The Hall–Kier alpha value is -3.84. The highest BCUT2D eigenvalue weighted by molar-refractivity contribution is 5.83. The topological polar surface area (TPSA) is 95.4 Å². The van der Waals surface area contributed by atoms with E-state index in [-0.39, 0.29) is 5.91 Å². The van der Waals surface area contributed by atoms with Crippen molar-refractivity contribution in [1.82, 2.24) is 20.2 Å². The van der Waals surface area contributed by atoms with Crippen LogP contribution in [-0.2, 0) is 22.7 Å². The van der Waals surface area contributed by atoms with Gasteiger partial charge in [0.2, 0.25) is 5.91 Å². The lowest BCUT2D eigenvalue weighted by Gasteiger charge is -2.22. The molecule has 0 aliphatic rings. The number of hydrogen-bond acceptors (Lipinski definition) is 5. The van der Waals surface area contributed by atoms with Crippen molar-refractivity contribution in [2.45, 2.75) is 83.8 Å². The maximum Gasteiger partial charge on any atom is 0.326 e. The maximum atomic E-state index is 12.3. The zero-order valence-electron chi connectivity index (χ0n) is 24.1. The van der Waals surface area contributed by atoms with Gasteiger partial charge in [-0.05, 0) is 56.5 Å². The molecule has 7 nitrogen and oxygen atoms in total. The number of carbonyl (C=O) groups is 2. The molecule has 0 aliphatic carbocycles. The first-order valence-corrected chi connectivity index (χ1v) is 15.0. The lowest BCUT2D eigenvalue weighted by atomic mass is 10.1. The smallest absolute Gasteiger partial charge is 0.326 e. The largest absolute Gasteiger partial charge is 0.480 e. The Morgan fingerprint density at radius 2 is 1.34 bits per heavy atom. The van der Waals surface area contributed by atoms with E-state index in [1.54, 1.807) is 0 Å². The molecule has 2 heterocycles. The van der Waals surface area contributed by atoms with Crippen LogP contribution in [0.2, 0.25) is 0 Å². The fourth-order valence-corrected chi connectivity index (χ4v) is 5.16. The monoisotopic (exact) mass is 554 g/mol. The van der Waals surface area contributed by atoms with Crippen LogP contribution in [0.25, 0.3) is 21.8 Å². The van der Waals surface area contributed by atoms with Crippen molar-refractivity contribution in [3.05, 3.63) is 84.2 Å². The summed E-state index contributed by atoms with van der Waals surface area (Å²) in [5.74, 6) is -1.14. The molecular formula is C34H42N4O3. The minimum Gasteiger partial charge on any atom is -0.480 e. The lowest BCUT2D eigenvalue weighted by Crippen LogP contribution is -2.40. The molecule has 41 heavy (non-hydrogen) atoms. The molecule has 0 aliphatic heterocycles. The third-order valence-electron chi connectivity index (χ3n) is 7.44. The summed E-state index contributed by atoms with van der Waals surface area (Å²) in [6.45, 7) is 4.25. The molecule has 4 rings (SSSR count). The molecule has 0 spiro atoms. The Morgan fingerprint density at radius 1 is 0.756 bits per heavy atom. The molecular weight excluding hydrogens is 512 g/mol. The minimum atomic E-state index is -0.970. The summed E-state index contributed by atoms with van der Waals surface area (Å²) < 4.78 is 0. The van der Waals surface area contributed by atoms with Gasteiger partial charge < -0.3 is 10.4 Å². The third kappa shape index (κ3) is 9.64. The summed E-state index contributed by atoms with van der Waals surface area (Å²) in [5, 5.41) is 14.7. The SMILES string of the molecule is CCCCCCCC(=O)NC(CCCCN(Cc1ccc2ccccc2n1)Cc1ccc2ccccc2n1)C(=O)O. The number of aliphatic carboxylic acids is 1. The van der Waals surface area contributed by atoms with Crippen LogP contribution in [0.4, 0.5) is 0 Å². The van der Waals surface area contributed by atoms with E-state index in [9.17, 15) is 14.7 Å². The molecule has 4 aromatic rings. The average Bonchev–Trinajstić information content (AvgIpc) is 2.98. The van der Waals surface area contributed by atoms with Gasteiger partial charge in [0.05, 0.1) is 22.4 Å².